The predicted molar refractivity (Wildman–Crippen MR) is 73.8 cm³/mol. The van der Waals surface area contributed by atoms with Crippen LogP contribution in [0, 0.1) is 5.92 Å². The molecule has 18 heavy (non-hydrogen) atoms. The van der Waals surface area contributed by atoms with Crippen molar-refractivity contribution in [2.24, 2.45) is 5.92 Å². The van der Waals surface area contributed by atoms with Gasteiger partial charge in [-0.05, 0) is 43.0 Å². The molecule has 1 fully saturated rings. The minimum Gasteiger partial charge on any atom is -0.383 e. The van der Waals surface area contributed by atoms with E-state index in [1.165, 1.54) is 18.2 Å². The molecule has 0 aliphatic heterocycles. The number of ether oxygens (including phenoxy) is 1. The van der Waals surface area contributed by atoms with Gasteiger partial charge in [0.05, 0.1) is 18.2 Å². The highest BCUT2D eigenvalue weighted by Gasteiger charge is 2.31. The van der Waals surface area contributed by atoms with E-state index in [4.69, 9.17) is 4.74 Å². The number of rotatable bonds is 5. The van der Waals surface area contributed by atoms with E-state index in [9.17, 15) is 0 Å². The highest BCUT2D eigenvalue weighted by atomic mass is 16.5. The standard InChI is InChI=1S/C15H18N2O/c1-18-10-15(11-7-8-11)17-14-6-2-5-13-12(14)4-3-9-16-13/h2-6,9,11,15,17H,7-8,10H2,1H3. The summed E-state index contributed by atoms with van der Waals surface area (Å²) >= 11 is 0. The summed E-state index contributed by atoms with van der Waals surface area (Å²) in [6.45, 7) is 0.765. The van der Waals surface area contributed by atoms with Crippen LogP contribution in [0.3, 0.4) is 0 Å². The molecule has 0 spiro atoms. The molecule has 1 aliphatic carbocycles. The Kier molecular flexibility index (Phi) is 3.15. The Morgan fingerprint density at radius 2 is 2.22 bits per heavy atom. The van der Waals surface area contributed by atoms with Crippen molar-refractivity contribution in [3.63, 3.8) is 0 Å². The smallest absolute Gasteiger partial charge is 0.0722 e. The summed E-state index contributed by atoms with van der Waals surface area (Å²) in [5, 5.41) is 4.80. The molecule has 2 aromatic rings. The van der Waals surface area contributed by atoms with Crippen molar-refractivity contribution in [1.29, 1.82) is 0 Å². The van der Waals surface area contributed by atoms with E-state index >= 15 is 0 Å². The first-order valence-electron chi connectivity index (χ1n) is 6.47. The van der Waals surface area contributed by atoms with E-state index in [0.29, 0.717) is 6.04 Å². The van der Waals surface area contributed by atoms with Gasteiger partial charge in [0.25, 0.3) is 0 Å². The van der Waals surface area contributed by atoms with E-state index in [1.54, 1.807) is 7.11 Å². The zero-order valence-electron chi connectivity index (χ0n) is 10.6. The van der Waals surface area contributed by atoms with Crippen LogP contribution in [0.1, 0.15) is 12.8 Å². The SMILES string of the molecule is COCC(Nc1cccc2ncccc12)C1CC1. The van der Waals surface area contributed by atoms with Crippen LogP contribution in [0.5, 0.6) is 0 Å². The van der Waals surface area contributed by atoms with E-state index in [1.807, 2.05) is 18.3 Å². The lowest BCUT2D eigenvalue weighted by Gasteiger charge is -2.19. The van der Waals surface area contributed by atoms with Crippen molar-refractivity contribution in [1.82, 2.24) is 4.98 Å². The summed E-state index contributed by atoms with van der Waals surface area (Å²) in [5.41, 5.74) is 2.20. The van der Waals surface area contributed by atoms with Gasteiger partial charge >= 0.3 is 0 Å². The molecule has 0 amide bonds. The minimum absolute atomic E-state index is 0.417. The van der Waals surface area contributed by atoms with E-state index < -0.39 is 0 Å². The number of benzene rings is 1. The predicted octanol–water partition coefficient (Wildman–Crippen LogP) is 3.07. The van der Waals surface area contributed by atoms with Gasteiger partial charge in [-0.15, -0.1) is 0 Å². The zero-order chi connectivity index (χ0) is 12.4. The fourth-order valence-corrected chi connectivity index (χ4v) is 2.40. The van der Waals surface area contributed by atoms with E-state index in [2.05, 4.69) is 28.5 Å². The lowest BCUT2D eigenvalue weighted by molar-refractivity contribution is 0.179. The molecule has 1 heterocycles. The van der Waals surface area contributed by atoms with Crippen molar-refractivity contribution < 1.29 is 4.74 Å². The second-order valence-corrected chi connectivity index (χ2v) is 4.92. The molecule has 1 atom stereocenters. The zero-order valence-corrected chi connectivity index (χ0v) is 10.6. The van der Waals surface area contributed by atoms with Crippen LogP contribution in [-0.4, -0.2) is 24.7 Å². The number of anilines is 1. The Labute approximate surface area is 107 Å². The molecule has 1 aromatic carbocycles. The maximum atomic E-state index is 5.31. The fourth-order valence-electron chi connectivity index (χ4n) is 2.40. The average Bonchev–Trinajstić information content (AvgIpc) is 3.23. The number of fused-ring (bicyclic) bond motifs is 1. The number of nitrogens with zero attached hydrogens (tertiary/aromatic N) is 1. The molecule has 1 aliphatic rings. The van der Waals surface area contributed by atoms with E-state index in [-0.39, 0.29) is 0 Å². The maximum Gasteiger partial charge on any atom is 0.0722 e. The van der Waals surface area contributed by atoms with Gasteiger partial charge in [0.15, 0.2) is 0 Å². The van der Waals surface area contributed by atoms with Crippen molar-refractivity contribution in [2.75, 3.05) is 19.0 Å². The van der Waals surface area contributed by atoms with Crippen LogP contribution in [0.4, 0.5) is 5.69 Å². The van der Waals surface area contributed by atoms with Gasteiger partial charge in [-0.2, -0.15) is 0 Å². The summed E-state index contributed by atoms with van der Waals surface area (Å²) in [5.74, 6) is 0.761. The molecular weight excluding hydrogens is 224 g/mol. The molecule has 1 unspecified atom stereocenters. The quantitative estimate of drug-likeness (QED) is 0.875. The van der Waals surface area contributed by atoms with Crippen molar-refractivity contribution >= 4 is 16.6 Å². The van der Waals surface area contributed by atoms with Gasteiger partial charge in [0.1, 0.15) is 0 Å². The summed E-state index contributed by atoms with van der Waals surface area (Å²) in [7, 11) is 1.77. The van der Waals surface area contributed by atoms with Crippen LogP contribution >= 0.6 is 0 Å². The summed E-state index contributed by atoms with van der Waals surface area (Å²) in [6, 6.07) is 10.7. The maximum absolute atomic E-state index is 5.31. The topological polar surface area (TPSA) is 34.1 Å². The Morgan fingerprint density at radius 3 is 3.00 bits per heavy atom. The van der Waals surface area contributed by atoms with Gasteiger partial charge in [0, 0.05) is 24.4 Å². The summed E-state index contributed by atoms with van der Waals surface area (Å²) in [4.78, 5) is 4.38. The number of nitrogens with one attached hydrogen (secondary N) is 1. The monoisotopic (exact) mass is 242 g/mol. The van der Waals surface area contributed by atoms with Crippen LogP contribution in [0.15, 0.2) is 36.5 Å². The van der Waals surface area contributed by atoms with Crippen molar-refractivity contribution in [2.45, 2.75) is 18.9 Å². The molecule has 3 nitrogen and oxygen atoms in total. The lowest BCUT2D eigenvalue weighted by atomic mass is 10.1. The molecule has 1 N–H and O–H groups in total. The van der Waals surface area contributed by atoms with Crippen LogP contribution in [0.25, 0.3) is 10.9 Å². The normalized spacial score (nSPS) is 16.7. The van der Waals surface area contributed by atoms with Crippen LogP contribution in [-0.2, 0) is 4.74 Å². The van der Waals surface area contributed by atoms with Crippen LogP contribution < -0.4 is 5.32 Å². The first-order chi connectivity index (χ1) is 8.88. The van der Waals surface area contributed by atoms with Gasteiger partial charge in [0.2, 0.25) is 0 Å². The Bertz CT molecular complexity index is 532. The van der Waals surface area contributed by atoms with Gasteiger partial charge in [-0.25, -0.2) is 0 Å². The average molecular weight is 242 g/mol. The third kappa shape index (κ3) is 2.31. The van der Waals surface area contributed by atoms with Crippen LogP contribution in [0.2, 0.25) is 0 Å². The highest BCUT2D eigenvalue weighted by molar-refractivity contribution is 5.91. The minimum atomic E-state index is 0.417. The molecule has 1 aromatic heterocycles. The molecule has 1 saturated carbocycles. The highest BCUT2D eigenvalue weighted by Crippen LogP contribution is 2.35. The molecule has 0 radical (unpaired) electrons. The first kappa shape index (κ1) is 11.5. The van der Waals surface area contributed by atoms with E-state index in [0.717, 1.165) is 23.7 Å². The van der Waals surface area contributed by atoms with Gasteiger partial charge < -0.3 is 10.1 Å². The molecule has 0 saturated heterocycles. The number of aromatic nitrogens is 1. The second-order valence-electron chi connectivity index (χ2n) is 4.92. The third-order valence-corrected chi connectivity index (χ3v) is 3.52. The molecule has 94 valence electrons. The Balaban J connectivity index is 1.88. The van der Waals surface area contributed by atoms with Crippen molar-refractivity contribution in [3.8, 4) is 0 Å². The first-order valence-corrected chi connectivity index (χ1v) is 6.47. The largest absolute Gasteiger partial charge is 0.383 e. The second kappa shape index (κ2) is 4.94. The Morgan fingerprint density at radius 1 is 1.33 bits per heavy atom. The molecule has 0 bridgehead atoms. The van der Waals surface area contributed by atoms with Crippen molar-refractivity contribution in [3.05, 3.63) is 36.5 Å². The molecular formula is C15H18N2O. The number of hydrogen-bond acceptors (Lipinski definition) is 3. The van der Waals surface area contributed by atoms with Gasteiger partial charge in [-0.3, -0.25) is 4.98 Å². The summed E-state index contributed by atoms with van der Waals surface area (Å²) in [6.07, 6.45) is 4.45. The Hall–Kier alpha value is -1.61. The third-order valence-electron chi connectivity index (χ3n) is 3.52. The molecule has 3 rings (SSSR count). The summed E-state index contributed by atoms with van der Waals surface area (Å²) < 4.78 is 5.31. The molecule has 3 heteroatoms. The fraction of sp³-hybridized carbons (Fsp3) is 0.400. The number of hydrogen-bond donors (Lipinski definition) is 1. The van der Waals surface area contributed by atoms with Gasteiger partial charge in [-0.1, -0.05) is 6.07 Å². The lowest BCUT2D eigenvalue weighted by Crippen LogP contribution is -2.27. The number of methoxy groups -OCH3 is 1. The number of pyridine rings is 1.